The summed E-state index contributed by atoms with van der Waals surface area (Å²) >= 11 is 0. The third-order valence-corrected chi connectivity index (χ3v) is 3.58. The first-order chi connectivity index (χ1) is 10.6. The van der Waals surface area contributed by atoms with E-state index in [4.69, 9.17) is 14.2 Å². The summed E-state index contributed by atoms with van der Waals surface area (Å²) in [4.78, 5) is 23.4. The van der Waals surface area contributed by atoms with Gasteiger partial charge in [0, 0.05) is 12.5 Å². The molecule has 1 aromatic rings. The molecular weight excluding hydrogens is 284 g/mol. The van der Waals surface area contributed by atoms with Crippen LogP contribution in [0.15, 0.2) is 24.3 Å². The standard InChI is InChI=1S/C17H20O5/c1-20-15-9-7-12(11-16(15)21-2)8-10-17(19)22-14-6-4-3-5-13(14)18/h7-11,14H,3-6H2,1-2H3/b10-8+. The van der Waals surface area contributed by atoms with Gasteiger partial charge in [0.05, 0.1) is 14.2 Å². The number of ketones is 1. The number of esters is 1. The SMILES string of the molecule is COc1ccc(/C=C/C(=O)OC2CCCCC2=O)cc1OC. The van der Waals surface area contributed by atoms with Gasteiger partial charge in [0.15, 0.2) is 23.4 Å². The van der Waals surface area contributed by atoms with E-state index < -0.39 is 12.1 Å². The lowest BCUT2D eigenvalue weighted by Gasteiger charge is -2.19. The first-order valence-electron chi connectivity index (χ1n) is 7.27. The molecule has 5 nitrogen and oxygen atoms in total. The van der Waals surface area contributed by atoms with Crippen molar-refractivity contribution in [2.45, 2.75) is 31.8 Å². The Labute approximate surface area is 129 Å². The second kappa shape index (κ2) is 7.64. The normalized spacial score (nSPS) is 18.3. The highest BCUT2D eigenvalue weighted by Gasteiger charge is 2.24. The van der Waals surface area contributed by atoms with Gasteiger partial charge in [-0.3, -0.25) is 4.79 Å². The molecular formula is C17H20O5. The second-order valence-corrected chi connectivity index (χ2v) is 5.09. The van der Waals surface area contributed by atoms with Gasteiger partial charge in [-0.1, -0.05) is 6.07 Å². The van der Waals surface area contributed by atoms with Gasteiger partial charge in [-0.05, 0) is 43.0 Å². The minimum Gasteiger partial charge on any atom is -0.493 e. The summed E-state index contributed by atoms with van der Waals surface area (Å²) in [6.45, 7) is 0. The molecule has 0 radical (unpaired) electrons. The Kier molecular flexibility index (Phi) is 5.58. The predicted molar refractivity (Wildman–Crippen MR) is 81.9 cm³/mol. The molecule has 2 rings (SSSR count). The summed E-state index contributed by atoms with van der Waals surface area (Å²) in [5.41, 5.74) is 0.782. The van der Waals surface area contributed by atoms with Crippen molar-refractivity contribution in [3.05, 3.63) is 29.8 Å². The Morgan fingerprint density at radius 2 is 1.95 bits per heavy atom. The van der Waals surface area contributed by atoms with Crippen molar-refractivity contribution in [2.24, 2.45) is 0 Å². The number of carbonyl (C=O) groups excluding carboxylic acids is 2. The van der Waals surface area contributed by atoms with E-state index in [1.165, 1.54) is 6.08 Å². The van der Waals surface area contributed by atoms with Crippen molar-refractivity contribution in [1.82, 2.24) is 0 Å². The summed E-state index contributed by atoms with van der Waals surface area (Å²) in [7, 11) is 3.11. The van der Waals surface area contributed by atoms with Crippen molar-refractivity contribution in [3.8, 4) is 11.5 Å². The van der Waals surface area contributed by atoms with E-state index >= 15 is 0 Å². The van der Waals surface area contributed by atoms with Crippen molar-refractivity contribution in [3.63, 3.8) is 0 Å². The van der Waals surface area contributed by atoms with Crippen LogP contribution in [0.4, 0.5) is 0 Å². The van der Waals surface area contributed by atoms with E-state index in [0.717, 1.165) is 18.4 Å². The molecule has 0 amide bonds. The Morgan fingerprint density at radius 1 is 1.18 bits per heavy atom. The highest BCUT2D eigenvalue weighted by Crippen LogP contribution is 2.28. The summed E-state index contributed by atoms with van der Waals surface area (Å²) < 4.78 is 15.5. The van der Waals surface area contributed by atoms with Gasteiger partial charge < -0.3 is 14.2 Å². The van der Waals surface area contributed by atoms with E-state index in [-0.39, 0.29) is 5.78 Å². The smallest absolute Gasteiger partial charge is 0.331 e. The molecule has 1 saturated carbocycles. The van der Waals surface area contributed by atoms with Crippen LogP contribution in [0.2, 0.25) is 0 Å². The lowest BCUT2D eigenvalue weighted by atomic mass is 9.96. The number of hydrogen-bond donors (Lipinski definition) is 0. The average Bonchev–Trinajstić information content (AvgIpc) is 2.54. The highest BCUT2D eigenvalue weighted by molar-refractivity contribution is 5.91. The first-order valence-corrected chi connectivity index (χ1v) is 7.27. The molecule has 0 saturated heterocycles. The molecule has 0 heterocycles. The highest BCUT2D eigenvalue weighted by atomic mass is 16.5. The number of hydrogen-bond acceptors (Lipinski definition) is 5. The lowest BCUT2D eigenvalue weighted by molar-refractivity contribution is -0.152. The van der Waals surface area contributed by atoms with Gasteiger partial charge in [0.25, 0.3) is 0 Å². The minimum atomic E-state index is -0.587. The van der Waals surface area contributed by atoms with Gasteiger partial charge >= 0.3 is 5.97 Å². The van der Waals surface area contributed by atoms with E-state index in [9.17, 15) is 9.59 Å². The third kappa shape index (κ3) is 4.10. The van der Waals surface area contributed by atoms with Gasteiger partial charge in [-0.25, -0.2) is 4.79 Å². The van der Waals surface area contributed by atoms with Crippen molar-refractivity contribution in [1.29, 1.82) is 0 Å². The largest absolute Gasteiger partial charge is 0.493 e. The molecule has 0 spiro atoms. The van der Waals surface area contributed by atoms with Gasteiger partial charge in [0.2, 0.25) is 0 Å². The van der Waals surface area contributed by atoms with Gasteiger partial charge in [0.1, 0.15) is 0 Å². The van der Waals surface area contributed by atoms with E-state index in [0.29, 0.717) is 24.3 Å². The molecule has 0 bridgehead atoms. The molecule has 22 heavy (non-hydrogen) atoms. The molecule has 0 N–H and O–H groups in total. The molecule has 1 aliphatic rings. The summed E-state index contributed by atoms with van der Waals surface area (Å²) in [6.07, 6.45) is 5.28. The van der Waals surface area contributed by atoms with Crippen molar-refractivity contribution in [2.75, 3.05) is 14.2 Å². The quantitative estimate of drug-likeness (QED) is 0.618. The first kappa shape index (κ1) is 16.1. The van der Waals surface area contributed by atoms with Crippen LogP contribution < -0.4 is 9.47 Å². The monoisotopic (exact) mass is 304 g/mol. The van der Waals surface area contributed by atoms with Crippen LogP contribution in [-0.2, 0) is 14.3 Å². The van der Waals surface area contributed by atoms with E-state index in [1.807, 2.05) is 0 Å². The third-order valence-electron chi connectivity index (χ3n) is 3.58. The Balaban J connectivity index is 1.98. The van der Waals surface area contributed by atoms with Crippen molar-refractivity contribution < 1.29 is 23.8 Å². The lowest BCUT2D eigenvalue weighted by Crippen LogP contribution is -2.29. The molecule has 1 fully saturated rings. The zero-order valence-electron chi connectivity index (χ0n) is 12.8. The van der Waals surface area contributed by atoms with Gasteiger partial charge in [-0.15, -0.1) is 0 Å². The van der Waals surface area contributed by atoms with Crippen LogP contribution in [0, 0.1) is 0 Å². The number of ether oxygens (including phenoxy) is 3. The van der Waals surface area contributed by atoms with Crippen LogP contribution in [-0.4, -0.2) is 32.1 Å². The molecule has 5 heteroatoms. The molecule has 1 unspecified atom stereocenters. The summed E-state index contributed by atoms with van der Waals surface area (Å²) in [5, 5.41) is 0. The molecule has 0 aliphatic heterocycles. The Bertz CT molecular complexity index is 576. The van der Waals surface area contributed by atoms with Crippen LogP contribution in [0.5, 0.6) is 11.5 Å². The maximum atomic E-state index is 11.8. The maximum Gasteiger partial charge on any atom is 0.331 e. The summed E-state index contributed by atoms with van der Waals surface area (Å²) in [5.74, 6) is 0.713. The van der Waals surface area contributed by atoms with Crippen LogP contribution in [0.3, 0.4) is 0 Å². The Morgan fingerprint density at radius 3 is 2.64 bits per heavy atom. The molecule has 1 atom stereocenters. The Hall–Kier alpha value is -2.30. The molecule has 1 aromatic carbocycles. The number of benzene rings is 1. The number of methoxy groups -OCH3 is 2. The molecule has 1 aliphatic carbocycles. The minimum absolute atomic E-state index is 0.0131. The molecule has 0 aromatic heterocycles. The van der Waals surface area contributed by atoms with E-state index in [1.54, 1.807) is 38.5 Å². The zero-order valence-corrected chi connectivity index (χ0v) is 12.8. The van der Waals surface area contributed by atoms with Crippen LogP contribution in [0.1, 0.15) is 31.2 Å². The number of rotatable bonds is 5. The topological polar surface area (TPSA) is 61.8 Å². The fourth-order valence-electron chi connectivity index (χ4n) is 2.38. The number of Topliss-reactive ketones (excluding diaryl/α,β-unsaturated/α-hetero) is 1. The van der Waals surface area contributed by atoms with Crippen molar-refractivity contribution >= 4 is 17.8 Å². The number of carbonyl (C=O) groups is 2. The predicted octanol–water partition coefficient (Wildman–Crippen LogP) is 2.77. The maximum absolute atomic E-state index is 11.8. The average molecular weight is 304 g/mol. The van der Waals surface area contributed by atoms with Crippen LogP contribution >= 0.6 is 0 Å². The second-order valence-electron chi connectivity index (χ2n) is 5.09. The molecule has 118 valence electrons. The zero-order chi connectivity index (χ0) is 15.9. The van der Waals surface area contributed by atoms with Gasteiger partial charge in [-0.2, -0.15) is 0 Å². The fourth-order valence-corrected chi connectivity index (χ4v) is 2.38. The van der Waals surface area contributed by atoms with Crippen LogP contribution in [0.25, 0.3) is 6.08 Å². The fraction of sp³-hybridized carbons (Fsp3) is 0.412. The van der Waals surface area contributed by atoms with E-state index in [2.05, 4.69) is 0 Å². The summed E-state index contributed by atoms with van der Waals surface area (Å²) in [6, 6.07) is 5.32.